The second-order valence-corrected chi connectivity index (χ2v) is 7.40. The Morgan fingerprint density at radius 2 is 1.12 bits per heavy atom. The quantitative estimate of drug-likeness (QED) is 0.230. The van der Waals surface area contributed by atoms with Crippen LogP contribution in [0.3, 0.4) is 0 Å². The molecule has 0 spiro atoms. The molecule has 178 valence electrons. The summed E-state index contributed by atoms with van der Waals surface area (Å²) >= 11 is 0. The summed E-state index contributed by atoms with van der Waals surface area (Å²) in [5, 5.41) is 0. The number of ether oxygens (including phenoxy) is 2. The summed E-state index contributed by atoms with van der Waals surface area (Å²) in [7, 11) is 7.22. The number of halogens is 2. The first kappa shape index (κ1) is 29.8. The number of hydrogen-bond acceptors (Lipinski definition) is 4. The summed E-state index contributed by atoms with van der Waals surface area (Å²) in [6.07, 6.45) is 10.2. The molecule has 0 saturated carbocycles. The van der Waals surface area contributed by atoms with Crippen molar-refractivity contribution in [2.75, 3.05) is 27.2 Å². The van der Waals surface area contributed by atoms with Crippen molar-refractivity contribution in [3.8, 4) is 11.5 Å². The molecule has 0 N–H and O–H groups in total. The second kappa shape index (κ2) is 15.6. The lowest BCUT2D eigenvalue weighted by Crippen LogP contribution is -3.00. The maximum Gasteiger partial charge on any atom is 0.415 e. The maximum absolute atomic E-state index is 12.1. The molecule has 0 saturated heterocycles. The lowest BCUT2D eigenvalue weighted by atomic mass is 10.2. The first-order valence-electron chi connectivity index (χ1n) is 10.1. The van der Waals surface area contributed by atoms with Gasteiger partial charge in [0.15, 0.2) is 23.9 Å². The second-order valence-electron chi connectivity index (χ2n) is 7.40. The van der Waals surface area contributed by atoms with Crippen LogP contribution in [0.5, 0.6) is 11.5 Å². The van der Waals surface area contributed by atoms with Crippen LogP contribution in [0.1, 0.15) is 25.7 Å². The van der Waals surface area contributed by atoms with Gasteiger partial charge in [-0.2, -0.15) is 0 Å². The first-order chi connectivity index (χ1) is 14.3. The molecule has 0 aliphatic carbocycles. The molecule has 0 aliphatic rings. The molecule has 2 aromatic rings. The van der Waals surface area contributed by atoms with Gasteiger partial charge in [-0.3, -0.25) is 0 Å². The average molecular weight is 576 g/mol. The number of aromatic nitrogens is 2. The predicted octanol–water partition coefficient (Wildman–Crippen LogP) is -3.53. The molecule has 8 nitrogen and oxygen atoms in total. The summed E-state index contributed by atoms with van der Waals surface area (Å²) in [6, 6.07) is 7.17. The molecule has 0 radical (unpaired) electrons. The van der Waals surface area contributed by atoms with Crippen LogP contribution in [0.2, 0.25) is 0 Å². The van der Waals surface area contributed by atoms with Gasteiger partial charge in [0.1, 0.15) is 14.1 Å². The van der Waals surface area contributed by atoms with Crippen molar-refractivity contribution >= 4 is 12.2 Å². The van der Waals surface area contributed by atoms with E-state index in [-0.39, 0.29) is 46.1 Å². The predicted molar refractivity (Wildman–Crippen MR) is 111 cm³/mol. The third-order valence-corrected chi connectivity index (χ3v) is 4.60. The molecule has 0 aliphatic heterocycles. The van der Waals surface area contributed by atoms with Gasteiger partial charge < -0.3 is 53.2 Å². The largest absolute Gasteiger partial charge is 1.00 e. The smallest absolute Gasteiger partial charge is 0.415 e. The Labute approximate surface area is 211 Å². The summed E-state index contributed by atoms with van der Waals surface area (Å²) in [4.78, 5) is 27.4. The van der Waals surface area contributed by atoms with Gasteiger partial charge in [-0.15, -0.1) is 0 Å². The minimum Gasteiger partial charge on any atom is -1.00 e. The number of nitrogens with zero attached hydrogens (tertiary/aromatic N) is 4. The first-order valence-corrected chi connectivity index (χ1v) is 10.1. The number of pyridine rings is 2. The zero-order chi connectivity index (χ0) is 21.9. The van der Waals surface area contributed by atoms with Gasteiger partial charge in [-0.25, -0.2) is 18.7 Å². The monoisotopic (exact) mass is 574 g/mol. The van der Waals surface area contributed by atoms with Crippen LogP contribution in [0, 0.1) is 0 Å². The van der Waals surface area contributed by atoms with Crippen molar-refractivity contribution in [2.24, 2.45) is 14.1 Å². The third kappa shape index (κ3) is 10.9. The van der Waals surface area contributed by atoms with Crippen molar-refractivity contribution in [3.05, 3.63) is 49.1 Å². The van der Waals surface area contributed by atoms with Crippen LogP contribution in [0.4, 0.5) is 9.59 Å². The molecule has 0 unspecified atom stereocenters. The van der Waals surface area contributed by atoms with Crippen LogP contribution in [-0.2, 0) is 14.1 Å². The molecule has 2 aromatic heterocycles. The molecule has 0 atom stereocenters. The fourth-order valence-electron chi connectivity index (χ4n) is 2.83. The van der Waals surface area contributed by atoms with E-state index in [1.165, 1.54) is 0 Å². The van der Waals surface area contributed by atoms with E-state index in [2.05, 4.69) is 0 Å². The fourth-order valence-corrected chi connectivity index (χ4v) is 2.83. The Morgan fingerprint density at radius 3 is 1.47 bits per heavy atom. The Hall–Kier alpha value is -2.20. The highest BCUT2D eigenvalue weighted by molar-refractivity contribution is 5.70. The van der Waals surface area contributed by atoms with E-state index in [0.717, 1.165) is 25.7 Å². The molecule has 2 rings (SSSR count). The lowest BCUT2D eigenvalue weighted by Gasteiger charge is -2.17. The fraction of sp³-hybridized carbons (Fsp3) is 0.455. The molecular formula is C22H32Br2N4O4. The van der Waals surface area contributed by atoms with E-state index >= 15 is 0 Å². The van der Waals surface area contributed by atoms with E-state index in [4.69, 9.17) is 9.47 Å². The summed E-state index contributed by atoms with van der Waals surface area (Å²) in [5.74, 6) is 1.05. The number of rotatable bonds is 9. The Kier molecular flexibility index (Phi) is 14.5. The van der Waals surface area contributed by atoms with Crippen LogP contribution < -0.4 is 52.6 Å². The minimum absolute atomic E-state index is 0. The van der Waals surface area contributed by atoms with E-state index in [0.29, 0.717) is 24.6 Å². The molecule has 2 amide bonds. The van der Waals surface area contributed by atoms with Gasteiger partial charge in [0.05, 0.1) is 0 Å². The molecular weight excluding hydrogens is 544 g/mol. The molecule has 10 heteroatoms. The Morgan fingerprint density at radius 1 is 0.750 bits per heavy atom. The van der Waals surface area contributed by atoms with Crippen LogP contribution in [-0.4, -0.2) is 49.2 Å². The van der Waals surface area contributed by atoms with Gasteiger partial charge in [0.2, 0.25) is 12.4 Å². The zero-order valence-electron chi connectivity index (χ0n) is 19.0. The standard InChI is InChI=1S/C22H32N4O4.2BrH/c1-23-13-9-11-19(17-23)29-21(27)25(3)15-7-5-6-8-16-26(4)22(28)30-20-12-10-14-24(2)18-20;;/h9-14,17-18H,5-8,15-16H2,1-4H3;2*1H/q+2;;/p-2. The van der Waals surface area contributed by atoms with E-state index < -0.39 is 0 Å². The number of aryl methyl sites for hydroxylation is 2. The Balaban J connectivity index is 0.00000480. The summed E-state index contributed by atoms with van der Waals surface area (Å²) in [6.45, 7) is 1.25. The minimum atomic E-state index is -0.363. The summed E-state index contributed by atoms with van der Waals surface area (Å²) in [5.41, 5.74) is 0. The van der Waals surface area contributed by atoms with Crippen molar-refractivity contribution < 1.29 is 62.2 Å². The highest BCUT2D eigenvalue weighted by Crippen LogP contribution is 2.10. The molecule has 0 aromatic carbocycles. The van der Waals surface area contributed by atoms with Crippen LogP contribution in [0.15, 0.2) is 49.1 Å². The summed E-state index contributed by atoms with van der Waals surface area (Å²) < 4.78 is 14.4. The Bertz CT molecular complexity index is 785. The van der Waals surface area contributed by atoms with E-state index in [9.17, 15) is 9.59 Å². The van der Waals surface area contributed by atoms with Crippen LogP contribution >= 0.6 is 0 Å². The van der Waals surface area contributed by atoms with Crippen LogP contribution in [0.25, 0.3) is 0 Å². The number of carbonyl (C=O) groups excluding carboxylic acids is 2. The highest BCUT2D eigenvalue weighted by Gasteiger charge is 2.14. The number of amides is 2. The molecule has 0 fully saturated rings. The molecule has 0 bridgehead atoms. The van der Waals surface area contributed by atoms with Crippen molar-refractivity contribution in [3.63, 3.8) is 0 Å². The van der Waals surface area contributed by atoms with E-state index in [1.54, 1.807) is 48.4 Å². The van der Waals surface area contributed by atoms with E-state index in [1.807, 2.05) is 47.8 Å². The average Bonchev–Trinajstić information content (AvgIpc) is 2.70. The van der Waals surface area contributed by atoms with Gasteiger partial charge in [0, 0.05) is 39.3 Å². The highest BCUT2D eigenvalue weighted by atomic mass is 79.9. The van der Waals surface area contributed by atoms with Crippen molar-refractivity contribution in [2.45, 2.75) is 25.7 Å². The van der Waals surface area contributed by atoms with Gasteiger partial charge in [-0.05, 0) is 25.0 Å². The normalized spacial score (nSPS) is 9.75. The van der Waals surface area contributed by atoms with Gasteiger partial charge in [-0.1, -0.05) is 12.8 Å². The lowest BCUT2D eigenvalue weighted by molar-refractivity contribution is -0.671. The maximum atomic E-state index is 12.1. The zero-order valence-corrected chi connectivity index (χ0v) is 22.2. The number of hydrogen-bond donors (Lipinski definition) is 0. The molecule has 32 heavy (non-hydrogen) atoms. The number of carbonyl (C=O) groups is 2. The van der Waals surface area contributed by atoms with Crippen molar-refractivity contribution in [1.82, 2.24) is 9.80 Å². The van der Waals surface area contributed by atoms with Crippen molar-refractivity contribution in [1.29, 1.82) is 0 Å². The SMILES string of the molecule is CN(CCCCCCN(C)C(=O)Oc1ccc[n+](C)c1)C(=O)Oc1ccc[n+](C)c1.[Br-].[Br-]. The topological polar surface area (TPSA) is 66.8 Å². The number of unbranched alkanes of at least 4 members (excludes halogenated alkanes) is 3. The van der Waals surface area contributed by atoms with Gasteiger partial charge in [0.25, 0.3) is 0 Å². The van der Waals surface area contributed by atoms with Gasteiger partial charge >= 0.3 is 12.2 Å². The third-order valence-electron chi connectivity index (χ3n) is 4.60. The molecule has 2 heterocycles.